The number of fused-ring (bicyclic) bond motifs is 5. The molecule has 3 unspecified atom stereocenters. The molecular formula is C27H27F2N5O. The van der Waals surface area contributed by atoms with Crippen molar-refractivity contribution < 1.29 is 13.6 Å². The van der Waals surface area contributed by atoms with E-state index in [1.807, 2.05) is 11.0 Å². The van der Waals surface area contributed by atoms with Gasteiger partial charge in [-0.1, -0.05) is 19.9 Å². The normalized spacial score (nSPS) is 26.6. The Labute approximate surface area is 202 Å². The van der Waals surface area contributed by atoms with Crippen LogP contribution in [0.25, 0.3) is 11.3 Å². The second-order valence-electron chi connectivity index (χ2n) is 10.6. The Balaban J connectivity index is 1.39. The monoisotopic (exact) mass is 475 g/mol. The highest BCUT2D eigenvalue weighted by Gasteiger charge is 2.66. The number of hydrogen-bond acceptors (Lipinski definition) is 5. The Morgan fingerprint density at radius 3 is 2.66 bits per heavy atom. The molecule has 2 aromatic heterocycles. The van der Waals surface area contributed by atoms with E-state index in [-0.39, 0.29) is 39.8 Å². The van der Waals surface area contributed by atoms with Gasteiger partial charge in [0.15, 0.2) is 0 Å². The molecular weight excluding hydrogens is 448 g/mol. The Kier molecular flexibility index (Phi) is 4.99. The maximum absolute atomic E-state index is 14.5. The quantitative estimate of drug-likeness (QED) is 0.538. The Morgan fingerprint density at radius 2 is 1.91 bits per heavy atom. The highest BCUT2D eigenvalue weighted by molar-refractivity contribution is 5.92. The molecule has 3 aliphatic rings. The van der Waals surface area contributed by atoms with E-state index in [1.54, 1.807) is 6.20 Å². The van der Waals surface area contributed by atoms with Crippen molar-refractivity contribution in [3.05, 3.63) is 71.4 Å². The van der Waals surface area contributed by atoms with Crippen molar-refractivity contribution in [2.75, 3.05) is 13.1 Å². The highest BCUT2D eigenvalue weighted by atomic mass is 19.1. The smallest absolute Gasteiger partial charge is 0.274 e. The van der Waals surface area contributed by atoms with Gasteiger partial charge < -0.3 is 4.90 Å². The van der Waals surface area contributed by atoms with Gasteiger partial charge in [0.1, 0.15) is 17.3 Å². The fourth-order valence-electron chi connectivity index (χ4n) is 7.28. The summed E-state index contributed by atoms with van der Waals surface area (Å²) in [5, 5.41) is 9.00. The molecule has 8 heteroatoms. The number of rotatable bonds is 3. The van der Waals surface area contributed by atoms with Crippen LogP contribution in [-0.4, -0.2) is 44.1 Å². The van der Waals surface area contributed by atoms with Crippen molar-refractivity contribution in [2.24, 2.45) is 11.3 Å². The summed E-state index contributed by atoms with van der Waals surface area (Å²) in [4.78, 5) is 23.3. The van der Waals surface area contributed by atoms with E-state index in [0.29, 0.717) is 18.8 Å². The van der Waals surface area contributed by atoms with Crippen molar-refractivity contribution in [2.45, 2.75) is 50.9 Å². The highest BCUT2D eigenvalue weighted by Crippen LogP contribution is 2.70. The predicted molar refractivity (Wildman–Crippen MR) is 125 cm³/mol. The first-order valence-electron chi connectivity index (χ1n) is 12.2. The van der Waals surface area contributed by atoms with Gasteiger partial charge in [-0.25, -0.2) is 13.8 Å². The number of carbonyl (C=O) groups excluding carboxylic acids is 1. The van der Waals surface area contributed by atoms with Crippen LogP contribution in [-0.2, 0) is 5.41 Å². The molecule has 3 atom stereocenters. The fraction of sp³-hybridized carbons (Fsp3) is 0.444. The molecule has 180 valence electrons. The zero-order chi connectivity index (χ0) is 24.4. The maximum Gasteiger partial charge on any atom is 0.274 e. The van der Waals surface area contributed by atoms with Crippen LogP contribution in [0.4, 0.5) is 8.78 Å². The molecule has 3 aromatic rings. The number of hydrogen-bond donors (Lipinski definition) is 0. The third-order valence-electron chi connectivity index (χ3n) is 8.88. The van der Waals surface area contributed by atoms with E-state index in [2.05, 4.69) is 34.0 Å². The summed E-state index contributed by atoms with van der Waals surface area (Å²) in [7, 11) is 0. The summed E-state index contributed by atoms with van der Waals surface area (Å²) in [6.45, 7) is 5.87. The van der Waals surface area contributed by atoms with Gasteiger partial charge >= 0.3 is 0 Å². The number of carbonyl (C=O) groups is 1. The van der Waals surface area contributed by atoms with Crippen LogP contribution in [0.3, 0.4) is 0 Å². The number of nitrogens with zero attached hydrogens (tertiary/aromatic N) is 5. The fourth-order valence-corrected chi connectivity index (χ4v) is 7.28. The van der Waals surface area contributed by atoms with Crippen molar-refractivity contribution in [1.82, 2.24) is 25.1 Å². The molecule has 0 radical (unpaired) electrons. The molecule has 2 fully saturated rings. The second kappa shape index (κ2) is 7.86. The number of halogens is 2. The van der Waals surface area contributed by atoms with Gasteiger partial charge in [0.2, 0.25) is 0 Å². The minimum atomic E-state index is -0.637. The zero-order valence-electron chi connectivity index (χ0n) is 19.8. The first kappa shape index (κ1) is 22.2. The van der Waals surface area contributed by atoms with E-state index in [4.69, 9.17) is 0 Å². The van der Waals surface area contributed by atoms with Gasteiger partial charge in [-0.2, -0.15) is 10.2 Å². The third kappa shape index (κ3) is 3.08. The average molecular weight is 476 g/mol. The minimum Gasteiger partial charge on any atom is -0.337 e. The molecule has 1 saturated heterocycles. The van der Waals surface area contributed by atoms with Gasteiger partial charge in [0.05, 0.1) is 23.1 Å². The van der Waals surface area contributed by atoms with E-state index < -0.39 is 11.6 Å². The maximum atomic E-state index is 14.5. The molecule has 3 heterocycles. The number of aromatic nitrogens is 4. The van der Waals surface area contributed by atoms with E-state index in [1.165, 1.54) is 30.6 Å². The van der Waals surface area contributed by atoms with Crippen molar-refractivity contribution in [3.63, 3.8) is 0 Å². The summed E-state index contributed by atoms with van der Waals surface area (Å²) in [6, 6.07) is 5.69. The molecule has 35 heavy (non-hydrogen) atoms. The molecule has 1 aromatic carbocycles. The minimum absolute atomic E-state index is 0.0961. The van der Waals surface area contributed by atoms with Crippen LogP contribution >= 0.6 is 0 Å². The average Bonchev–Trinajstić information content (AvgIpc) is 3.25. The largest absolute Gasteiger partial charge is 0.337 e. The molecule has 6 nitrogen and oxygen atoms in total. The molecule has 2 bridgehead atoms. The van der Waals surface area contributed by atoms with Crippen LogP contribution in [0.1, 0.15) is 67.2 Å². The number of likely N-dealkylation sites (tertiary alicyclic amines) is 1. The predicted octanol–water partition coefficient (Wildman–Crippen LogP) is 4.92. The van der Waals surface area contributed by atoms with Gasteiger partial charge in [-0.15, -0.1) is 0 Å². The first-order chi connectivity index (χ1) is 16.8. The van der Waals surface area contributed by atoms with Crippen LogP contribution in [0.2, 0.25) is 0 Å². The van der Waals surface area contributed by atoms with Crippen LogP contribution in [0, 0.1) is 23.0 Å². The lowest BCUT2D eigenvalue weighted by Crippen LogP contribution is -2.51. The zero-order valence-corrected chi connectivity index (χ0v) is 19.8. The number of piperidine rings is 1. The Morgan fingerprint density at radius 1 is 1.11 bits per heavy atom. The molecule has 2 aliphatic carbocycles. The van der Waals surface area contributed by atoms with E-state index >= 15 is 0 Å². The van der Waals surface area contributed by atoms with E-state index in [0.717, 1.165) is 36.9 Å². The summed E-state index contributed by atoms with van der Waals surface area (Å²) < 4.78 is 29.0. The molecule has 0 N–H and O–H groups in total. The van der Waals surface area contributed by atoms with Crippen molar-refractivity contribution in [1.29, 1.82) is 0 Å². The van der Waals surface area contributed by atoms with E-state index in [9.17, 15) is 13.6 Å². The van der Waals surface area contributed by atoms with Crippen LogP contribution in [0.15, 0.2) is 42.9 Å². The Bertz CT molecular complexity index is 1290. The van der Waals surface area contributed by atoms with Gasteiger partial charge in [0, 0.05) is 30.9 Å². The number of amides is 1. The van der Waals surface area contributed by atoms with Crippen LogP contribution < -0.4 is 0 Å². The van der Waals surface area contributed by atoms with Gasteiger partial charge in [0.25, 0.3) is 5.91 Å². The SMILES string of the molecule is CC1(C)C2CCC1(C1CCCN(C(=O)c3cnccn3)C1)c1nnc(-c3c(F)cccc3F)cc12. The second-order valence-corrected chi connectivity index (χ2v) is 10.6. The molecule has 0 spiro atoms. The lowest BCUT2D eigenvalue weighted by atomic mass is 9.59. The lowest BCUT2D eigenvalue weighted by Gasteiger charge is -2.48. The summed E-state index contributed by atoms with van der Waals surface area (Å²) in [5.41, 5.74) is 2.10. The molecule has 1 aliphatic heterocycles. The lowest BCUT2D eigenvalue weighted by molar-refractivity contribution is 0.0419. The number of benzene rings is 1. The van der Waals surface area contributed by atoms with Crippen molar-refractivity contribution in [3.8, 4) is 11.3 Å². The molecule has 1 amide bonds. The summed E-state index contributed by atoms with van der Waals surface area (Å²) in [5.74, 6) is -0.930. The van der Waals surface area contributed by atoms with Crippen molar-refractivity contribution >= 4 is 5.91 Å². The standard InChI is InChI=1S/C27H27F2N5O/c1-26(2)18-8-9-27(26,16-5-4-12-34(15-16)25(35)22-14-30-10-11-31-22)24-17(18)13-21(32-33-24)23-19(28)6-3-7-20(23)29/h3,6-7,10-11,13-14,16,18H,4-5,8-9,12,15H2,1-2H3. The summed E-state index contributed by atoms with van der Waals surface area (Å²) >= 11 is 0. The Hall–Kier alpha value is -3.29. The molecule has 6 rings (SSSR count). The van der Waals surface area contributed by atoms with Gasteiger partial charge in [-0.3, -0.25) is 9.78 Å². The van der Waals surface area contributed by atoms with Crippen LogP contribution in [0.5, 0.6) is 0 Å². The van der Waals surface area contributed by atoms with Gasteiger partial charge in [-0.05, 0) is 66.7 Å². The summed E-state index contributed by atoms with van der Waals surface area (Å²) in [6.07, 6.45) is 8.46. The first-order valence-corrected chi connectivity index (χ1v) is 12.2. The topological polar surface area (TPSA) is 71.9 Å². The molecule has 1 saturated carbocycles. The third-order valence-corrected chi connectivity index (χ3v) is 8.88.